The lowest BCUT2D eigenvalue weighted by atomic mass is 10.0. The minimum Gasteiger partial charge on any atom is -0.396 e. The molecule has 3 rings (SSSR count). The third-order valence-electron chi connectivity index (χ3n) is 4.51. The average molecular weight is 375 g/mol. The molecular weight excluding hydrogens is 350 g/mol. The summed E-state index contributed by atoms with van der Waals surface area (Å²) in [6.07, 6.45) is 3.06. The van der Waals surface area contributed by atoms with Crippen LogP contribution in [0.1, 0.15) is 40.4 Å². The Bertz CT molecular complexity index is 878. The number of nitrogens with zero attached hydrogens (tertiary/aromatic N) is 1. The Labute approximate surface area is 165 Å². The number of nitrogens with one attached hydrogen (secondary N) is 2. The van der Waals surface area contributed by atoms with Gasteiger partial charge in [0, 0.05) is 18.5 Å². The van der Waals surface area contributed by atoms with Crippen molar-refractivity contribution in [2.24, 2.45) is 0 Å². The molecule has 1 amide bonds. The molecule has 1 heterocycles. The van der Waals surface area contributed by atoms with Gasteiger partial charge in [-0.3, -0.25) is 4.79 Å². The van der Waals surface area contributed by atoms with Gasteiger partial charge in [0.1, 0.15) is 5.82 Å². The van der Waals surface area contributed by atoms with Gasteiger partial charge in [-0.1, -0.05) is 48.0 Å². The highest BCUT2D eigenvalue weighted by atomic mass is 16.2. The first-order valence-electron chi connectivity index (χ1n) is 9.42. The Kier molecular flexibility index (Phi) is 6.76. The van der Waals surface area contributed by atoms with E-state index in [0.717, 1.165) is 23.2 Å². The van der Waals surface area contributed by atoms with E-state index in [1.165, 1.54) is 0 Å². The van der Waals surface area contributed by atoms with Gasteiger partial charge in [-0.15, -0.1) is 0 Å². The number of pyridine rings is 1. The fraction of sp³-hybridized carbons (Fsp3) is 0.217. The fourth-order valence-electron chi connectivity index (χ4n) is 2.94. The summed E-state index contributed by atoms with van der Waals surface area (Å²) in [5.41, 5.74) is 3.53. The monoisotopic (exact) mass is 375 g/mol. The number of rotatable bonds is 8. The molecule has 5 heteroatoms. The molecule has 0 aliphatic rings. The van der Waals surface area contributed by atoms with Gasteiger partial charge in [0.15, 0.2) is 0 Å². The zero-order chi connectivity index (χ0) is 19.8. The molecule has 0 spiro atoms. The maximum atomic E-state index is 12.4. The van der Waals surface area contributed by atoms with Crippen molar-refractivity contribution in [1.82, 2.24) is 4.98 Å². The van der Waals surface area contributed by atoms with E-state index in [4.69, 9.17) is 0 Å². The highest BCUT2D eigenvalue weighted by Gasteiger charge is 2.12. The molecule has 1 unspecified atom stereocenters. The molecule has 1 aromatic heterocycles. The lowest BCUT2D eigenvalue weighted by molar-refractivity contribution is 0.102. The molecule has 3 N–H and O–H groups in total. The van der Waals surface area contributed by atoms with E-state index in [-0.39, 0.29) is 18.6 Å². The molecular formula is C23H25N3O2. The number of hydrogen-bond acceptors (Lipinski definition) is 4. The first kappa shape index (κ1) is 19.6. The second kappa shape index (κ2) is 9.67. The van der Waals surface area contributed by atoms with Gasteiger partial charge in [0.05, 0.1) is 11.6 Å². The van der Waals surface area contributed by atoms with E-state index in [0.29, 0.717) is 17.8 Å². The Morgan fingerprint density at radius 3 is 2.43 bits per heavy atom. The molecule has 3 aromatic rings. The van der Waals surface area contributed by atoms with E-state index >= 15 is 0 Å². The Morgan fingerprint density at radius 1 is 1.04 bits per heavy atom. The van der Waals surface area contributed by atoms with Crippen LogP contribution in [-0.4, -0.2) is 22.6 Å². The summed E-state index contributed by atoms with van der Waals surface area (Å²) in [4.78, 5) is 16.8. The summed E-state index contributed by atoms with van der Waals surface area (Å²) in [7, 11) is 0. The predicted octanol–water partition coefficient (Wildman–Crippen LogP) is 4.57. The van der Waals surface area contributed by atoms with Gasteiger partial charge < -0.3 is 15.7 Å². The molecule has 0 saturated heterocycles. The standard InChI is InChI=1S/C23H25N3O2/c1-17-9-12-20(13-10-17)25-23(28)19-11-14-22(24-16-19)26-21(8-5-15-27)18-6-3-2-4-7-18/h2-4,6-7,9-14,16,21,27H,5,8,15H2,1H3,(H,24,26)(H,25,28). The van der Waals surface area contributed by atoms with Gasteiger partial charge in [0.2, 0.25) is 0 Å². The maximum absolute atomic E-state index is 12.4. The molecule has 0 saturated carbocycles. The molecule has 0 aliphatic carbocycles. The van der Waals surface area contributed by atoms with Crippen molar-refractivity contribution in [2.75, 3.05) is 17.2 Å². The third-order valence-corrected chi connectivity index (χ3v) is 4.51. The lowest BCUT2D eigenvalue weighted by Crippen LogP contribution is -2.14. The molecule has 144 valence electrons. The number of anilines is 2. The van der Waals surface area contributed by atoms with Crippen LogP contribution in [0.4, 0.5) is 11.5 Å². The van der Waals surface area contributed by atoms with Crippen LogP contribution in [0.15, 0.2) is 72.9 Å². The van der Waals surface area contributed by atoms with Crippen molar-refractivity contribution >= 4 is 17.4 Å². The molecule has 2 aromatic carbocycles. The van der Waals surface area contributed by atoms with Crippen molar-refractivity contribution in [1.29, 1.82) is 0 Å². The summed E-state index contributed by atoms with van der Waals surface area (Å²) >= 11 is 0. The summed E-state index contributed by atoms with van der Waals surface area (Å²) < 4.78 is 0. The number of aromatic nitrogens is 1. The van der Waals surface area contributed by atoms with Gasteiger partial charge in [-0.25, -0.2) is 4.98 Å². The molecule has 0 fully saturated rings. The lowest BCUT2D eigenvalue weighted by Gasteiger charge is -2.19. The summed E-state index contributed by atoms with van der Waals surface area (Å²) in [5, 5.41) is 15.4. The van der Waals surface area contributed by atoms with Crippen LogP contribution >= 0.6 is 0 Å². The Hall–Kier alpha value is -3.18. The highest BCUT2D eigenvalue weighted by Crippen LogP contribution is 2.23. The Balaban J connectivity index is 1.66. The van der Waals surface area contributed by atoms with E-state index in [1.54, 1.807) is 18.3 Å². The topological polar surface area (TPSA) is 74.2 Å². The number of benzene rings is 2. The highest BCUT2D eigenvalue weighted by molar-refractivity contribution is 6.04. The van der Waals surface area contributed by atoms with E-state index in [2.05, 4.69) is 27.8 Å². The molecule has 0 radical (unpaired) electrons. The molecule has 0 bridgehead atoms. The zero-order valence-electron chi connectivity index (χ0n) is 15.9. The van der Waals surface area contributed by atoms with Crippen molar-refractivity contribution < 1.29 is 9.90 Å². The number of carbonyl (C=O) groups excluding carboxylic acids is 1. The quantitative estimate of drug-likeness (QED) is 0.539. The van der Waals surface area contributed by atoms with E-state index in [9.17, 15) is 9.90 Å². The first-order chi connectivity index (χ1) is 13.7. The van der Waals surface area contributed by atoms with Crippen LogP contribution in [0, 0.1) is 6.92 Å². The van der Waals surface area contributed by atoms with Crippen LogP contribution in [0.2, 0.25) is 0 Å². The largest absolute Gasteiger partial charge is 0.396 e. The van der Waals surface area contributed by atoms with E-state index in [1.807, 2.05) is 49.4 Å². The van der Waals surface area contributed by atoms with Crippen LogP contribution < -0.4 is 10.6 Å². The number of carbonyl (C=O) groups is 1. The van der Waals surface area contributed by atoms with Gasteiger partial charge >= 0.3 is 0 Å². The zero-order valence-corrected chi connectivity index (χ0v) is 15.9. The molecule has 5 nitrogen and oxygen atoms in total. The second-order valence-electron chi connectivity index (χ2n) is 6.73. The average Bonchev–Trinajstić information content (AvgIpc) is 2.74. The van der Waals surface area contributed by atoms with Crippen molar-refractivity contribution in [3.63, 3.8) is 0 Å². The third kappa shape index (κ3) is 5.41. The normalized spacial score (nSPS) is 11.6. The number of hydrogen-bond donors (Lipinski definition) is 3. The van der Waals surface area contributed by atoms with Crippen LogP contribution in [0.25, 0.3) is 0 Å². The minimum absolute atomic E-state index is 0.0492. The number of aliphatic hydroxyl groups is 1. The summed E-state index contributed by atoms with van der Waals surface area (Å²) in [6, 6.07) is 21.4. The molecule has 0 aliphatic heterocycles. The number of amides is 1. The summed E-state index contributed by atoms with van der Waals surface area (Å²) in [5.74, 6) is 0.501. The summed E-state index contributed by atoms with van der Waals surface area (Å²) in [6.45, 7) is 2.15. The van der Waals surface area contributed by atoms with Crippen LogP contribution in [-0.2, 0) is 0 Å². The smallest absolute Gasteiger partial charge is 0.257 e. The minimum atomic E-state index is -0.192. The Morgan fingerprint density at radius 2 is 1.79 bits per heavy atom. The van der Waals surface area contributed by atoms with Crippen LogP contribution in [0.5, 0.6) is 0 Å². The van der Waals surface area contributed by atoms with Crippen molar-refractivity contribution in [3.8, 4) is 0 Å². The van der Waals surface area contributed by atoms with E-state index < -0.39 is 0 Å². The van der Waals surface area contributed by atoms with Gasteiger partial charge in [-0.05, 0) is 49.6 Å². The second-order valence-corrected chi connectivity index (χ2v) is 6.73. The SMILES string of the molecule is Cc1ccc(NC(=O)c2ccc(NC(CCCO)c3ccccc3)nc2)cc1. The van der Waals surface area contributed by atoms with Gasteiger partial charge in [-0.2, -0.15) is 0 Å². The molecule has 28 heavy (non-hydrogen) atoms. The maximum Gasteiger partial charge on any atom is 0.257 e. The first-order valence-corrected chi connectivity index (χ1v) is 9.42. The predicted molar refractivity (Wildman–Crippen MR) is 112 cm³/mol. The molecule has 1 atom stereocenters. The van der Waals surface area contributed by atoms with Crippen molar-refractivity contribution in [3.05, 3.63) is 89.6 Å². The number of aliphatic hydroxyl groups excluding tert-OH is 1. The number of aryl methyl sites for hydroxylation is 1. The van der Waals surface area contributed by atoms with Crippen molar-refractivity contribution in [2.45, 2.75) is 25.8 Å². The van der Waals surface area contributed by atoms with Gasteiger partial charge in [0.25, 0.3) is 5.91 Å². The fourth-order valence-corrected chi connectivity index (χ4v) is 2.94. The van der Waals surface area contributed by atoms with Crippen LogP contribution in [0.3, 0.4) is 0 Å².